The highest BCUT2D eigenvalue weighted by molar-refractivity contribution is 9.24. The number of Topliss-reactive ketones (excluding diaryl/α,β-unsaturated/α-hetero) is 3. The molecule has 1 aliphatic carbocycles. The molecule has 1 aliphatic heterocycles. The van der Waals surface area contributed by atoms with Crippen LogP contribution in [-0.2, 0) is 33.5 Å². The number of fused-ring (bicyclic) bond motifs is 1. The van der Waals surface area contributed by atoms with Gasteiger partial charge in [0.15, 0.2) is 11.6 Å². The SMILES string of the molecule is BrCBr.CCCCC(CC(=O)[C@@H]1[C@H]2C[C@H]2CN1C(=O)[C@@H](NC(=O)OC(C)(C)C)C(C)(C)C)C(=O)C(=O)CCC(=O)N[C@H](C(=O)N(C)C)c1ccccc1. The van der Waals surface area contributed by atoms with Crippen molar-refractivity contribution in [1.29, 1.82) is 0 Å². The van der Waals surface area contributed by atoms with Gasteiger partial charge in [-0.15, -0.1) is 0 Å². The molecule has 6 atom stereocenters. The predicted octanol–water partition coefficient (Wildman–Crippen LogP) is 6.14. The van der Waals surface area contributed by atoms with Gasteiger partial charge in [-0.3, -0.25) is 28.8 Å². The van der Waals surface area contributed by atoms with Crippen molar-refractivity contribution in [3.05, 3.63) is 35.9 Å². The molecule has 1 aromatic rings. The molecule has 0 radical (unpaired) electrons. The Hall–Kier alpha value is -3.13. The van der Waals surface area contributed by atoms with Crippen molar-refractivity contribution in [2.24, 2.45) is 23.2 Å². The van der Waals surface area contributed by atoms with Gasteiger partial charge in [-0.25, -0.2) is 4.79 Å². The Labute approximate surface area is 331 Å². The van der Waals surface area contributed by atoms with E-state index in [9.17, 15) is 33.6 Å². The number of benzene rings is 1. The quantitative estimate of drug-likeness (QED) is 0.148. The largest absolute Gasteiger partial charge is 0.444 e. The number of rotatable bonds is 16. The lowest BCUT2D eigenvalue weighted by Gasteiger charge is -2.37. The number of carbonyl (C=O) groups is 7. The summed E-state index contributed by atoms with van der Waals surface area (Å²) in [6.45, 7) is 13.0. The van der Waals surface area contributed by atoms with Gasteiger partial charge in [-0.1, -0.05) is 103 Å². The van der Waals surface area contributed by atoms with Crippen LogP contribution in [0.25, 0.3) is 0 Å². The van der Waals surface area contributed by atoms with Crippen LogP contribution in [0, 0.1) is 23.2 Å². The minimum atomic E-state index is -0.954. The molecular formula is C39H58Br2N4O8. The molecule has 1 unspecified atom stereocenters. The Morgan fingerprint density at radius 1 is 0.943 bits per heavy atom. The zero-order chi connectivity index (χ0) is 40.3. The minimum absolute atomic E-state index is 0.0302. The molecule has 1 saturated heterocycles. The van der Waals surface area contributed by atoms with Crippen LogP contribution >= 0.6 is 31.9 Å². The van der Waals surface area contributed by atoms with Crippen LogP contribution in [0.2, 0.25) is 0 Å². The van der Waals surface area contributed by atoms with E-state index in [2.05, 4.69) is 42.5 Å². The van der Waals surface area contributed by atoms with Crippen molar-refractivity contribution in [3.8, 4) is 0 Å². The normalized spacial score (nSPS) is 19.3. The third-order valence-corrected chi connectivity index (χ3v) is 9.24. The van der Waals surface area contributed by atoms with E-state index in [1.807, 2.05) is 27.7 Å². The third-order valence-electron chi connectivity index (χ3n) is 9.24. The van der Waals surface area contributed by atoms with Crippen molar-refractivity contribution in [3.63, 3.8) is 0 Å². The van der Waals surface area contributed by atoms with Gasteiger partial charge >= 0.3 is 6.09 Å². The van der Waals surface area contributed by atoms with Gasteiger partial charge in [0.2, 0.25) is 23.5 Å². The number of hydrogen-bond acceptors (Lipinski definition) is 8. The van der Waals surface area contributed by atoms with Crippen molar-refractivity contribution in [1.82, 2.24) is 20.4 Å². The number of likely N-dealkylation sites (N-methyl/N-ethyl adjacent to an activating group) is 1. The first-order valence-corrected chi connectivity index (χ1v) is 20.5. The standard InChI is InChI=1S/C38H56N4O8.CH2Br2/c1-10-11-15-24(32(46)27(43)18-19-29(45)39-30(34(47)41(8)9)23-16-13-12-14-17-23)21-28(44)31-26-20-25(26)22-42(31)35(48)33(37(2,3)4)40-36(49)50-38(5,6)7;2-1-3/h12-14,16-17,24-26,30-31,33H,10-11,15,18-22H2,1-9H3,(H,39,45)(H,40,49);1H2/t24?,25-,26-,30-,31-,33+;/m0./s1. The number of halogens is 2. The first-order chi connectivity index (χ1) is 24.7. The second-order valence-corrected chi connectivity index (χ2v) is 18.7. The fourth-order valence-electron chi connectivity index (χ4n) is 6.49. The number of unbranched alkanes of at least 4 members (excludes halogenated alkanes) is 1. The summed E-state index contributed by atoms with van der Waals surface area (Å²) >= 11 is 6.12. The van der Waals surface area contributed by atoms with Gasteiger partial charge in [0, 0.05) is 45.8 Å². The molecule has 1 aromatic carbocycles. The van der Waals surface area contributed by atoms with Gasteiger partial charge in [0.05, 0.1) is 10.3 Å². The molecule has 1 saturated carbocycles. The molecule has 14 heteroatoms. The van der Waals surface area contributed by atoms with E-state index in [4.69, 9.17) is 4.74 Å². The average molecular weight is 871 g/mol. The predicted molar refractivity (Wildman–Crippen MR) is 210 cm³/mol. The molecule has 2 aliphatic rings. The average Bonchev–Trinajstić information content (AvgIpc) is 3.73. The van der Waals surface area contributed by atoms with Gasteiger partial charge < -0.3 is 25.2 Å². The second-order valence-electron chi connectivity index (χ2n) is 16.1. The lowest BCUT2D eigenvalue weighted by atomic mass is 9.84. The highest BCUT2D eigenvalue weighted by Gasteiger charge is 2.58. The number of nitrogens with zero attached hydrogens (tertiary/aromatic N) is 2. The van der Waals surface area contributed by atoms with Crippen molar-refractivity contribution in [2.45, 2.75) is 117 Å². The summed E-state index contributed by atoms with van der Waals surface area (Å²) in [6, 6.07) is 6.10. The first kappa shape index (κ1) is 46.0. The molecule has 0 bridgehead atoms. The number of piperidine rings is 1. The molecule has 1 heterocycles. The van der Waals surface area contributed by atoms with E-state index in [-0.39, 0.29) is 48.7 Å². The summed E-state index contributed by atoms with van der Waals surface area (Å²) < 4.78 is 6.29. The monoisotopic (exact) mass is 868 g/mol. The molecule has 3 rings (SSSR count). The van der Waals surface area contributed by atoms with Gasteiger partial charge in [-0.2, -0.15) is 0 Å². The fourth-order valence-corrected chi connectivity index (χ4v) is 6.49. The Morgan fingerprint density at radius 3 is 2.08 bits per heavy atom. The molecule has 53 heavy (non-hydrogen) atoms. The number of ether oxygens (including phenoxy) is 1. The Bertz CT molecular complexity index is 1460. The van der Waals surface area contributed by atoms with Crippen LogP contribution in [0.3, 0.4) is 0 Å². The molecular weight excluding hydrogens is 812 g/mol. The molecule has 0 spiro atoms. The zero-order valence-electron chi connectivity index (χ0n) is 32.6. The van der Waals surface area contributed by atoms with Gasteiger partial charge in [-0.05, 0) is 56.4 Å². The molecule has 2 fully saturated rings. The Balaban J connectivity index is 0.00000313. The van der Waals surface area contributed by atoms with Crippen molar-refractivity contribution >= 4 is 73.0 Å². The number of amides is 4. The number of nitrogens with one attached hydrogen (secondary N) is 2. The van der Waals surface area contributed by atoms with E-state index in [1.165, 1.54) is 4.90 Å². The van der Waals surface area contributed by atoms with E-state index in [1.54, 1.807) is 70.1 Å². The van der Waals surface area contributed by atoms with Crippen LogP contribution in [0.15, 0.2) is 30.3 Å². The van der Waals surface area contributed by atoms with Crippen LogP contribution in [-0.4, -0.2) is 93.5 Å². The summed E-state index contributed by atoms with van der Waals surface area (Å²) in [7, 11) is 3.16. The number of ketones is 3. The van der Waals surface area contributed by atoms with E-state index in [0.29, 0.717) is 24.9 Å². The summed E-state index contributed by atoms with van der Waals surface area (Å²) in [6.07, 6.45) is 0.912. The van der Waals surface area contributed by atoms with Crippen LogP contribution in [0.4, 0.5) is 4.79 Å². The minimum Gasteiger partial charge on any atom is -0.444 e. The molecule has 296 valence electrons. The maximum Gasteiger partial charge on any atom is 0.408 e. The maximum atomic E-state index is 14.0. The summed E-state index contributed by atoms with van der Waals surface area (Å²) in [5.74, 6) is -3.74. The number of likely N-dealkylation sites (tertiary alicyclic amines) is 1. The zero-order valence-corrected chi connectivity index (χ0v) is 35.8. The van der Waals surface area contributed by atoms with E-state index in [0.717, 1.165) is 17.1 Å². The fraction of sp³-hybridized carbons (Fsp3) is 0.667. The Kier molecular flexibility index (Phi) is 17.8. The number of alkyl halides is 2. The van der Waals surface area contributed by atoms with Crippen LogP contribution in [0.5, 0.6) is 0 Å². The molecule has 0 aromatic heterocycles. The smallest absolute Gasteiger partial charge is 0.408 e. The Morgan fingerprint density at radius 2 is 1.55 bits per heavy atom. The highest BCUT2D eigenvalue weighted by Crippen LogP contribution is 2.51. The van der Waals surface area contributed by atoms with E-state index >= 15 is 0 Å². The number of carbonyl (C=O) groups excluding carboxylic acids is 7. The van der Waals surface area contributed by atoms with Gasteiger partial charge in [0.25, 0.3) is 0 Å². The molecule has 2 N–H and O–H groups in total. The summed E-state index contributed by atoms with van der Waals surface area (Å²) in [5, 5.41) is 5.41. The van der Waals surface area contributed by atoms with Crippen molar-refractivity contribution in [2.75, 3.05) is 24.9 Å². The maximum absolute atomic E-state index is 14.0. The van der Waals surface area contributed by atoms with Gasteiger partial charge in [0.1, 0.15) is 17.7 Å². The first-order valence-electron chi connectivity index (χ1n) is 18.2. The van der Waals surface area contributed by atoms with Crippen LogP contribution in [0.1, 0.15) is 105 Å². The summed E-state index contributed by atoms with van der Waals surface area (Å²) in [5.41, 5.74) is -0.861. The topological polar surface area (TPSA) is 159 Å². The third kappa shape index (κ3) is 14.2. The summed E-state index contributed by atoms with van der Waals surface area (Å²) in [4.78, 5) is 95.9. The van der Waals surface area contributed by atoms with Crippen LogP contribution < -0.4 is 10.6 Å². The highest BCUT2D eigenvalue weighted by atomic mass is 79.9. The number of alkyl carbamates (subject to hydrolysis) is 1. The molecule has 4 amide bonds. The number of hydrogen-bond donors (Lipinski definition) is 2. The van der Waals surface area contributed by atoms with E-state index < -0.39 is 58.6 Å². The lowest BCUT2D eigenvalue weighted by Crippen LogP contribution is -2.58. The van der Waals surface area contributed by atoms with Crippen molar-refractivity contribution < 1.29 is 38.3 Å². The second kappa shape index (κ2) is 20.5. The lowest BCUT2D eigenvalue weighted by molar-refractivity contribution is -0.144. The molecule has 12 nitrogen and oxygen atoms in total.